The molecule has 1 fully saturated rings. The third-order valence-electron chi connectivity index (χ3n) is 7.17. The molecule has 1 saturated heterocycles. The minimum absolute atomic E-state index is 0.0134. The van der Waals surface area contributed by atoms with Crippen LogP contribution in [0.2, 0.25) is 0 Å². The number of ether oxygens (including phenoxy) is 1. The number of rotatable bonds is 4. The maximum absolute atomic E-state index is 13.3. The molecule has 2 aliphatic heterocycles. The van der Waals surface area contributed by atoms with Gasteiger partial charge in [0.2, 0.25) is 0 Å². The lowest BCUT2D eigenvalue weighted by Gasteiger charge is -2.35. The first-order valence-corrected chi connectivity index (χ1v) is 12.4. The molecule has 1 atom stereocenters. The Morgan fingerprint density at radius 3 is 2.56 bits per heavy atom. The van der Waals surface area contributed by atoms with Crippen LogP contribution in [0.25, 0.3) is 10.9 Å². The van der Waals surface area contributed by atoms with Gasteiger partial charge in [0.1, 0.15) is 6.10 Å². The number of benzene rings is 3. The molecule has 0 spiro atoms. The number of esters is 1. The van der Waals surface area contributed by atoms with Crippen LogP contribution in [0.15, 0.2) is 85.1 Å². The number of amides is 1. The summed E-state index contributed by atoms with van der Waals surface area (Å²) in [5, 5.41) is 1.15. The predicted molar refractivity (Wildman–Crippen MR) is 138 cm³/mol. The van der Waals surface area contributed by atoms with Gasteiger partial charge in [-0.3, -0.25) is 14.7 Å². The molecular formula is C30H27N3O3. The molecule has 180 valence electrons. The summed E-state index contributed by atoms with van der Waals surface area (Å²) in [7, 11) is 0. The van der Waals surface area contributed by atoms with Gasteiger partial charge < -0.3 is 9.64 Å². The van der Waals surface area contributed by atoms with Crippen molar-refractivity contribution in [2.45, 2.75) is 19.1 Å². The highest BCUT2D eigenvalue weighted by molar-refractivity contribution is 5.98. The molecule has 0 saturated carbocycles. The van der Waals surface area contributed by atoms with E-state index in [0.717, 1.165) is 41.7 Å². The van der Waals surface area contributed by atoms with Crippen LogP contribution in [0.3, 0.4) is 0 Å². The van der Waals surface area contributed by atoms with Crippen molar-refractivity contribution in [1.29, 1.82) is 0 Å². The summed E-state index contributed by atoms with van der Waals surface area (Å²) in [5.41, 5.74) is 5.26. The Kier molecular flexibility index (Phi) is 5.95. The van der Waals surface area contributed by atoms with Crippen LogP contribution in [-0.2, 0) is 17.7 Å². The number of nitrogens with zero attached hydrogens (tertiary/aromatic N) is 3. The molecular weight excluding hydrogens is 450 g/mol. The van der Waals surface area contributed by atoms with Crippen LogP contribution in [-0.4, -0.2) is 52.8 Å². The van der Waals surface area contributed by atoms with Gasteiger partial charge in [0.25, 0.3) is 5.91 Å². The lowest BCUT2D eigenvalue weighted by Crippen LogP contribution is -2.48. The Bertz CT molecular complexity index is 1420. The zero-order valence-electron chi connectivity index (χ0n) is 20.0. The Hall–Kier alpha value is -4.03. The van der Waals surface area contributed by atoms with E-state index in [9.17, 15) is 9.59 Å². The molecule has 0 aliphatic carbocycles. The fourth-order valence-electron chi connectivity index (χ4n) is 5.21. The second-order valence-electron chi connectivity index (χ2n) is 9.44. The highest BCUT2D eigenvalue weighted by Crippen LogP contribution is 2.31. The summed E-state index contributed by atoms with van der Waals surface area (Å²) in [5.74, 6) is -0.319. The number of pyridine rings is 1. The van der Waals surface area contributed by atoms with Crippen molar-refractivity contribution in [2.24, 2.45) is 0 Å². The Morgan fingerprint density at radius 2 is 1.72 bits per heavy atom. The zero-order chi connectivity index (χ0) is 24.5. The average molecular weight is 478 g/mol. The summed E-state index contributed by atoms with van der Waals surface area (Å²) in [4.78, 5) is 34.8. The van der Waals surface area contributed by atoms with Gasteiger partial charge in [-0.2, -0.15) is 0 Å². The molecule has 6 rings (SSSR count). The van der Waals surface area contributed by atoms with Gasteiger partial charge in [0.05, 0.1) is 11.1 Å². The van der Waals surface area contributed by atoms with Gasteiger partial charge >= 0.3 is 5.97 Å². The van der Waals surface area contributed by atoms with E-state index in [1.54, 1.807) is 12.1 Å². The average Bonchev–Trinajstić information content (AvgIpc) is 2.93. The van der Waals surface area contributed by atoms with Crippen molar-refractivity contribution >= 4 is 22.8 Å². The monoisotopic (exact) mass is 477 g/mol. The van der Waals surface area contributed by atoms with Crippen LogP contribution < -0.4 is 0 Å². The maximum Gasteiger partial charge on any atom is 0.339 e. The molecule has 2 aliphatic rings. The maximum atomic E-state index is 13.3. The summed E-state index contributed by atoms with van der Waals surface area (Å²) in [6.07, 6.45) is 2.07. The van der Waals surface area contributed by atoms with E-state index in [4.69, 9.17) is 4.74 Å². The number of carbonyl (C=O) groups excluding carboxylic acids is 2. The van der Waals surface area contributed by atoms with Crippen LogP contribution in [0, 0.1) is 0 Å². The van der Waals surface area contributed by atoms with Crippen molar-refractivity contribution in [3.05, 3.63) is 113 Å². The minimum atomic E-state index is -0.333. The van der Waals surface area contributed by atoms with E-state index in [1.165, 1.54) is 5.56 Å². The molecule has 1 aromatic heterocycles. The molecule has 6 nitrogen and oxygen atoms in total. The number of hydrogen-bond acceptors (Lipinski definition) is 5. The van der Waals surface area contributed by atoms with Gasteiger partial charge in [0, 0.05) is 56.3 Å². The number of carbonyl (C=O) groups is 2. The Labute approximate surface area is 210 Å². The van der Waals surface area contributed by atoms with Gasteiger partial charge in [-0.15, -0.1) is 0 Å². The molecule has 0 N–H and O–H groups in total. The van der Waals surface area contributed by atoms with Gasteiger partial charge in [-0.25, -0.2) is 4.79 Å². The van der Waals surface area contributed by atoms with Crippen molar-refractivity contribution < 1.29 is 14.3 Å². The standard InChI is InChI=1S/C30H27N3O3/c34-29(23-11-12-26-25(18-23)19-27(36-30(26)35)21-6-2-1-3-7-21)33-16-14-32(15-17-33)20-24-9-4-8-22-10-5-13-31-28(22)24/h1-13,18,27H,14-17,19-20H2. The van der Waals surface area contributed by atoms with Crippen LogP contribution in [0.4, 0.5) is 0 Å². The summed E-state index contributed by atoms with van der Waals surface area (Å²) < 4.78 is 5.66. The zero-order valence-corrected chi connectivity index (χ0v) is 20.0. The van der Waals surface area contributed by atoms with Gasteiger partial charge in [0.15, 0.2) is 0 Å². The van der Waals surface area contributed by atoms with Crippen LogP contribution in [0.1, 0.15) is 43.5 Å². The van der Waals surface area contributed by atoms with Crippen molar-refractivity contribution in [2.75, 3.05) is 26.2 Å². The summed E-state index contributed by atoms with van der Waals surface area (Å²) >= 11 is 0. The predicted octanol–water partition coefficient (Wildman–Crippen LogP) is 4.65. The molecule has 36 heavy (non-hydrogen) atoms. The van der Waals surface area contributed by atoms with Crippen LogP contribution >= 0.6 is 0 Å². The third kappa shape index (κ3) is 4.36. The summed E-state index contributed by atoms with van der Waals surface area (Å²) in [6, 6.07) is 25.4. The summed E-state index contributed by atoms with van der Waals surface area (Å²) in [6.45, 7) is 3.77. The fraction of sp³-hybridized carbons (Fsp3) is 0.233. The van der Waals surface area contributed by atoms with Gasteiger partial charge in [-0.1, -0.05) is 54.6 Å². The quantitative estimate of drug-likeness (QED) is 0.401. The molecule has 0 bridgehead atoms. The number of cyclic esters (lactones) is 1. The molecule has 3 heterocycles. The number of aromatic nitrogens is 1. The van der Waals surface area contributed by atoms with E-state index in [2.05, 4.69) is 34.1 Å². The van der Waals surface area contributed by atoms with Gasteiger partial charge in [-0.05, 0) is 41.0 Å². The number of piperazine rings is 1. The topological polar surface area (TPSA) is 62.7 Å². The first-order chi connectivity index (χ1) is 17.7. The number of fused-ring (bicyclic) bond motifs is 2. The Balaban J connectivity index is 1.13. The van der Waals surface area contributed by atoms with E-state index in [1.807, 2.05) is 53.6 Å². The van der Waals surface area contributed by atoms with Crippen molar-refractivity contribution in [3.63, 3.8) is 0 Å². The van der Waals surface area contributed by atoms with Crippen molar-refractivity contribution in [1.82, 2.24) is 14.8 Å². The molecule has 1 unspecified atom stereocenters. The van der Waals surface area contributed by atoms with E-state index >= 15 is 0 Å². The third-order valence-corrected chi connectivity index (χ3v) is 7.17. The Morgan fingerprint density at radius 1 is 0.917 bits per heavy atom. The highest BCUT2D eigenvalue weighted by Gasteiger charge is 2.29. The first kappa shape index (κ1) is 22.4. The van der Waals surface area contributed by atoms with E-state index in [-0.39, 0.29) is 18.0 Å². The van der Waals surface area contributed by atoms with E-state index in [0.29, 0.717) is 30.6 Å². The molecule has 6 heteroatoms. The lowest BCUT2D eigenvalue weighted by atomic mass is 9.93. The lowest BCUT2D eigenvalue weighted by molar-refractivity contribution is 0.0252. The SMILES string of the molecule is O=C1OC(c2ccccc2)Cc2cc(C(=O)N3CCN(Cc4cccc5cccnc45)CC3)ccc21. The second-order valence-corrected chi connectivity index (χ2v) is 9.44. The van der Waals surface area contributed by atoms with Crippen LogP contribution in [0.5, 0.6) is 0 Å². The molecule has 1 amide bonds. The fourth-order valence-corrected chi connectivity index (χ4v) is 5.21. The minimum Gasteiger partial charge on any atom is -0.454 e. The normalized spacial score (nSPS) is 18.1. The number of hydrogen-bond donors (Lipinski definition) is 0. The second kappa shape index (κ2) is 9.55. The smallest absolute Gasteiger partial charge is 0.339 e. The first-order valence-electron chi connectivity index (χ1n) is 12.4. The molecule has 3 aromatic carbocycles. The van der Waals surface area contributed by atoms with Crippen molar-refractivity contribution in [3.8, 4) is 0 Å². The molecule has 0 radical (unpaired) electrons. The molecule has 4 aromatic rings. The highest BCUT2D eigenvalue weighted by atomic mass is 16.5. The number of para-hydroxylation sites is 1. The van der Waals surface area contributed by atoms with E-state index < -0.39 is 0 Å². The largest absolute Gasteiger partial charge is 0.454 e.